The van der Waals surface area contributed by atoms with Crippen molar-refractivity contribution in [3.8, 4) is 29.3 Å². The first-order valence-corrected chi connectivity index (χ1v) is 14.1. The predicted octanol–water partition coefficient (Wildman–Crippen LogP) is 4.03. The SMILES string of the molecule is C#Cc1ccc(-c2cn(-c3ccccc3/C=c3\sc4n(c3=O)C(c3ccccc3)C(C(=O)OCC)=C(C)N=4)nn2)cc1. The Morgan fingerprint density at radius 3 is 2.55 bits per heavy atom. The van der Waals surface area contributed by atoms with Crippen molar-refractivity contribution in [1.82, 2.24) is 19.6 Å². The van der Waals surface area contributed by atoms with E-state index in [9.17, 15) is 9.59 Å². The van der Waals surface area contributed by atoms with Crippen molar-refractivity contribution in [2.75, 3.05) is 6.61 Å². The monoisotopic (exact) mass is 571 g/mol. The van der Waals surface area contributed by atoms with Gasteiger partial charge in [-0.15, -0.1) is 11.5 Å². The molecule has 5 aromatic rings. The molecule has 8 nitrogen and oxygen atoms in total. The van der Waals surface area contributed by atoms with Gasteiger partial charge in [-0.1, -0.05) is 83.1 Å². The molecule has 0 aliphatic carbocycles. The summed E-state index contributed by atoms with van der Waals surface area (Å²) in [6.07, 6.45) is 9.14. The number of benzene rings is 3. The molecular weight excluding hydrogens is 546 g/mol. The lowest BCUT2D eigenvalue weighted by molar-refractivity contribution is -0.139. The van der Waals surface area contributed by atoms with Crippen LogP contribution in [-0.2, 0) is 9.53 Å². The van der Waals surface area contributed by atoms with Gasteiger partial charge in [0.25, 0.3) is 5.56 Å². The van der Waals surface area contributed by atoms with E-state index in [1.807, 2.05) is 91.1 Å². The van der Waals surface area contributed by atoms with Crippen LogP contribution >= 0.6 is 11.3 Å². The molecule has 6 rings (SSSR count). The highest BCUT2D eigenvalue weighted by atomic mass is 32.1. The van der Waals surface area contributed by atoms with E-state index in [4.69, 9.17) is 11.2 Å². The lowest BCUT2D eigenvalue weighted by Crippen LogP contribution is -2.39. The topological polar surface area (TPSA) is 91.4 Å². The maximum atomic E-state index is 14.0. The molecule has 1 atom stereocenters. The molecule has 3 aromatic carbocycles. The minimum atomic E-state index is -0.655. The van der Waals surface area contributed by atoms with Crippen molar-refractivity contribution in [3.05, 3.63) is 133 Å². The van der Waals surface area contributed by atoms with Crippen LogP contribution in [0.1, 0.15) is 36.6 Å². The molecular formula is C33H25N5O3S. The van der Waals surface area contributed by atoms with Crippen molar-refractivity contribution in [2.24, 2.45) is 4.99 Å². The average Bonchev–Trinajstić information content (AvgIpc) is 3.62. The van der Waals surface area contributed by atoms with E-state index in [0.717, 1.165) is 27.9 Å². The summed E-state index contributed by atoms with van der Waals surface area (Å²) in [6, 6.07) is 24.0. The molecule has 0 amide bonds. The smallest absolute Gasteiger partial charge is 0.338 e. The largest absolute Gasteiger partial charge is 0.463 e. The van der Waals surface area contributed by atoms with Gasteiger partial charge in [-0.25, -0.2) is 14.5 Å². The number of terminal acetylenes is 1. The van der Waals surface area contributed by atoms with Gasteiger partial charge >= 0.3 is 5.97 Å². The van der Waals surface area contributed by atoms with E-state index in [0.29, 0.717) is 26.3 Å². The molecule has 0 N–H and O–H groups in total. The zero-order valence-corrected chi connectivity index (χ0v) is 23.7. The van der Waals surface area contributed by atoms with Gasteiger partial charge in [0.1, 0.15) is 5.69 Å². The number of thiazole rings is 1. The van der Waals surface area contributed by atoms with Crippen LogP contribution in [0.3, 0.4) is 0 Å². The van der Waals surface area contributed by atoms with Gasteiger partial charge in [0.15, 0.2) is 4.80 Å². The average molecular weight is 572 g/mol. The maximum absolute atomic E-state index is 14.0. The molecule has 1 aliphatic heterocycles. The molecule has 0 bridgehead atoms. The fourth-order valence-corrected chi connectivity index (χ4v) is 5.99. The van der Waals surface area contributed by atoms with E-state index in [1.54, 1.807) is 23.1 Å². The molecule has 206 valence electrons. The van der Waals surface area contributed by atoms with E-state index >= 15 is 0 Å². The van der Waals surface area contributed by atoms with Gasteiger partial charge in [-0.3, -0.25) is 9.36 Å². The summed E-state index contributed by atoms with van der Waals surface area (Å²) < 4.78 is 9.12. The van der Waals surface area contributed by atoms with Crippen molar-refractivity contribution in [3.63, 3.8) is 0 Å². The Balaban J connectivity index is 1.46. The minimum absolute atomic E-state index is 0.221. The Bertz CT molecular complexity index is 2060. The van der Waals surface area contributed by atoms with Gasteiger partial charge < -0.3 is 4.74 Å². The number of nitrogens with zero attached hydrogens (tertiary/aromatic N) is 5. The van der Waals surface area contributed by atoms with Gasteiger partial charge in [-0.05, 0) is 43.7 Å². The maximum Gasteiger partial charge on any atom is 0.338 e. The van der Waals surface area contributed by atoms with Crippen LogP contribution in [0, 0.1) is 12.3 Å². The number of esters is 1. The number of para-hydroxylation sites is 1. The summed E-state index contributed by atoms with van der Waals surface area (Å²) in [5.41, 5.74) is 5.34. The molecule has 0 saturated heterocycles. The molecule has 2 aromatic heterocycles. The molecule has 42 heavy (non-hydrogen) atoms. The third kappa shape index (κ3) is 4.89. The fraction of sp³-hybridized carbons (Fsp3) is 0.121. The van der Waals surface area contributed by atoms with Crippen LogP contribution in [0.15, 0.2) is 106 Å². The lowest BCUT2D eigenvalue weighted by Gasteiger charge is -2.24. The first kappa shape index (κ1) is 26.9. The minimum Gasteiger partial charge on any atom is -0.463 e. The van der Waals surface area contributed by atoms with Crippen molar-refractivity contribution in [2.45, 2.75) is 19.9 Å². The Kier molecular flexibility index (Phi) is 7.21. The van der Waals surface area contributed by atoms with Crippen molar-refractivity contribution in [1.29, 1.82) is 0 Å². The Morgan fingerprint density at radius 2 is 1.81 bits per heavy atom. The highest BCUT2D eigenvalue weighted by molar-refractivity contribution is 7.07. The van der Waals surface area contributed by atoms with E-state index in [-0.39, 0.29) is 12.2 Å². The standard InChI is InChI=1S/C33H25N5O3S/c1-4-22-15-17-23(18-16-22)26-20-37(36-35-26)27-14-10-9-13-25(27)19-28-31(39)38-30(24-11-7-6-8-12-24)29(32(40)41-5-2)21(3)34-33(38)42-28/h1,6-20,30H,5H2,2-3H3/b28-19-. The highest BCUT2D eigenvalue weighted by Gasteiger charge is 2.33. The van der Waals surface area contributed by atoms with Crippen molar-refractivity contribution < 1.29 is 9.53 Å². The number of fused-ring (bicyclic) bond motifs is 1. The number of hydrogen-bond acceptors (Lipinski definition) is 7. The number of carbonyl (C=O) groups excluding carboxylic acids is 1. The van der Waals surface area contributed by atoms with Crippen LogP contribution in [0.2, 0.25) is 0 Å². The lowest BCUT2D eigenvalue weighted by atomic mass is 9.96. The number of hydrogen-bond donors (Lipinski definition) is 0. The Morgan fingerprint density at radius 1 is 1.07 bits per heavy atom. The summed E-state index contributed by atoms with van der Waals surface area (Å²) in [7, 11) is 0. The third-order valence-electron chi connectivity index (χ3n) is 6.94. The first-order valence-electron chi connectivity index (χ1n) is 13.3. The summed E-state index contributed by atoms with van der Waals surface area (Å²) in [6.45, 7) is 3.75. The number of allylic oxidation sites excluding steroid dienone is 1. The molecule has 0 fully saturated rings. The summed E-state index contributed by atoms with van der Waals surface area (Å²) in [5.74, 6) is 2.13. The predicted molar refractivity (Wildman–Crippen MR) is 162 cm³/mol. The number of rotatable bonds is 6. The molecule has 0 radical (unpaired) electrons. The second-order valence-corrected chi connectivity index (χ2v) is 10.6. The van der Waals surface area contributed by atoms with Crippen LogP contribution < -0.4 is 14.9 Å². The molecule has 1 unspecified atom stereocenters. The zero-order valence-electron chi connectivity index (χ0n) is 22.9. The molecule has 0 spiro atoms. The van der Waals surface area contributed by atoms with Crippen LogP contribution in [0.5, 0.6) is 0 Å². The fourth-order valence-electron chi connectivity index (χ4n) is 4.95. The normalized spacial score (nSPS) is 14.7. The Labute approximate surface area is 245 Å². The molecule has 0 saturated carbocycles. The zero-order chi connectivity index (χ0) is 29.2. The van der Waals surface area contributed by atoms with Gasteiger partial charge in [0.05, 0.1) is 40.3 Å². The van der Waals surface area contributed by atoms with E-state index < -0.39 is 12.0 Å². The molecule has 9 heteroatoms. The van der Waals surface area contributed by atoms with E-state index in [2.05, 4.69) is 21.2 Å². The Hall–Kier alpha value is -5.33. The summed E-state index contributed by atoms with van der Waals surface area (Å²) in [5, 5.41) is 8.70. The molecule has 1 aliphatic rings. The summed E-state index contributed by atoms with van der Waals surface area (Å²) in [4.78, 5) is 32.2. The quantitative estimate of drug-likeness (QED) is 0.227. The third-order valence-corrected chi connectivity index (χ3v) is 7.93. The number of carbonyl (C=O) groups is 1. The molecule has 3 heterocycles. The van der Waals surface area contributed by atoms with E-state index in [1.165, 1.54) is 11.3 Å². The summed E-state index contributed by atoms with van der Waals surface area (Å²) >= 11 is 1.28. The highest BCUT2D eigenvalue weighted by Crippen LogP contribution is 2.30. The second kappa shape index (κ2) is 11.3. The van der Waals surface area contributed by atoms with Crippen LogP contribution in [-0.4, -0.2) is 32.1 Å². The van der Waals surface area contributed by atoms with Gasteiger partial charge in [-0.2, -0.15) is 0 Å². The number of aromatic nitrogens is 4. The first-order chi connectivity index (χ1) is 20.5. The van der Waals surface area contributed by atoms with Crippen LogP contribution in [0.25, 0.3) is 23.0 Å². The van der Waals surface area contributed by atoms with Crippen molar-refractivity contribution >= 4 is 23.4 Å². The second-order valence-electron chi connectivity index (χ2n) is 9.54. The number of ether oxygens (including phenoxy) is 1. The van der Waals surface area contributed by atoms with Crippen LogP contribution in [0.4, 0.5) is 0 Å². The van der Waals surface area contributed by atoms with Gasteiger partial charge in [0.2, 0.25) is 0 Å². The van der Waals surface area contributed by atoms with Gasteiger partial charge in [0, 0.05) is 16.7 Å².